The second kappa shape index (κ2) is 6.77. The fourth-order valence-electron chi connectivity index (χ4n) is 1.84. The molecule has 0 spiro atoms. The van der Waals surface area contributed by atoms with E-state index in [0.717, 1.165) is 6.26 Å². The van der Waals surface area contributed by atoms with E-state index in [0.29, 0.717) is 10.6 Å². The third-order valence-electron chi connectivity index (χ3n) is 2.86. The van der Waals surface area contributed by atoms with Crippen LogP contribution < -0.4 is 5.32 Å². The van der Waals surface area contributed by atoms with E-state index in [-0.39, 0.29) is 10.6 Å². The minimum absolute atomic E-state index is 0.0782. The van der Waals surface area contributed by atoms with Gasteiger partial charge in [-0.2, -0.15) is 0 Å². The second-order valence-electron chi connectivity index (χ2n) is 4.61. The quantitative estimate of drug-likeness (QED) is 0.871. The highest BCUT2D eigenvalue weighted by Gasteiger charge is 2.13. The highest BCUT2D eigenvalue weighted by molar-refractivity contribution is 7.90. The van der Waals surface area contributed by atoms with Gasteiger partial charge in [0.15, 0.2) is 9.84 Å². The first-order valence-corrected chi connectivity index (χ1v) is 8.67. The van der Waals surface area contributed by atoms with Crippen molar-refractivity contribution in [2.45, 2.75) is 4.90 Å². The number of halogens is 1. The van der Waals surface area contributed by atoms with Crippen molar-refractivity contribution in [1.82, 2.24) is 0 Å². The molecule has 1 N–H and O–H groups in total. The fraction of sp³-hybridized carbons (Fsp3) is 0.0625. The lowest BCUT2D eigenvalue weighted by Gasteiger charge is -2.07. The van der Waals surface area contributed by atoms with Crippen molar-refractivity contribution in [1.29, 1.82) is 0 Å². The number of carbonyl (C=O) groups is 1. The first kappa shape index (κ1) is 16.3. The summed E-state index contributed by atoms with van der Waals surface area (Å²) in [6.45, 7) is 0. The van der Waals surface area contributed by atoms with Gasteiger partial charge in [0.05, 0.1) is 10.6 Å². The number of hydrogen-bond donors (Lipinski definition) is 1. The molecule has 0 aromatic heterocycles. The third kappa shape index (κ3) is 4.19. The van der Waals surface area contributed by atoms with E-state index < -0.39 is 15.7 Å². The zero-order valence-corrected chi connectivity index (χ0v) is 13.4. The van der Waals surface area contributed by atoms with Crippen LogP contribution >= 0.6 is 11.6 Å². The van der Waals surface area contributed by atoms with Gasteiger partial charge in [-0.25, -0.2) is 8.42 Å². The van der Waals surface area contributed by atoms with Gasteiger partial charge in [0.25, 0.3) is 0 Å². The second-order valence-corrected chi connectivity index (χ2v) is 7.00. The lowest BCUT2D eigenvalue weighted by Crippen LogP contribution is -2.11. The normalized spacial score (nSPS) is 11.5. The zero-order valence-electron chi connectivity index (χ0n) is 11.8. The van der Waals surface area contributed by atoms with Crippen LogP contribution in [0.25, 0.3) is 6.08 Å². The van der Waals surface area contributed by atoms with Crippen LogP contribution in [-0.2, 0) is 14.6 Å². The molecule has 0 aliphatic heterocycles. The summed E-state index contributed by atoms with van der Waals surface area (Å²) in [5, 5.41) is 3.09. The molecule has 0 radical (unpaired) electrons. The van der Waals surface area contributed by atoms with Crippen molar-refractivity contribution in [2.75, 3.05) is 11.6 Å². The summed E-state index contributed by atoms with van der Waals surface area (Å²) in [6.07, 6.45) is 3.97. The van der Waals surface area contributed by atoms with Gasteiger partial charge in [0.2, 0.25) is 5.91 Å². The Bertz CT molecular complexity index is 829. The Labute approximate surface area is 134 Å². The number of anilines is 1. The van der Waals surface area contributed by atoms with Gasteiger partial charge in [-0.1, -0.05) is 41.9 Å². The van der Waals surface area contributed by atoms with E-state index in [1.54, 1.807) is 36.4 Å². The fourth-order valence-corrected chi connectivity index (χ4v) is 2.89. The molecule has 0 saturated heterocycles. The molecule has 4 nitrogen and oxygen atoms in total. The molecule has 2 aromatic rings. The molecular formula is C16H14ClNO3S. The Kier molecular flexibility index (Phi) is 5.00. The summed E-state index contributed by atoms with van der Waals surface area (Å²) < 4.78 is 23.3. The summed E-state index contributed by atoms with van der Waals surface area (Å²) in [6, 6.07) is 13.3. The van der Waals surface area contributed by atoms with Gasteiger partial charge in [-0.3, -0.25) is 4.79 Å². The average Bonchev–Trinajstić information content (AvgIpc) is 2.46. The molecule has 2 rings (SSSR count). The Morgan fingerprint density at radius 1 is 1.09 bits per heavy atom. The van der Waals surface area contributed by atoms with E-state index in [9.17, 15) is 13.2 Å². The summed E-state index contributed by atoms with van der Waals surface area (Å²) in [4.78, 5) is 12.0. The van der Waals surface area contributed by atoms with E-state index in [1.807, 2.05) is 6.07 Å². The minimum Gasteiger partial charge on any atom is -0.321 e. The van der Waals surface area contributed by atoms with E-state index >= 15 is 0 Å². The smallest absolute Gasteiger partial charge is 0.248 e. The third-order valence-corrected chi connectivity index (χ3v) is 4.36. The molecule has 114 valence electrons. The Morgan fingerprint density at radius 2 is 1.73 bits per heavy atom. The molecule has 1 amide bonds. The molecule has 0 aliphatic rings. The molecule has 6 heteroatoms. The Morgan fingerprint density at radius 3 is 2.41 bits per heavy atom. The van der Waals surface area contributed by atoms with Crippen molar-refractivity contribution in [2.24, 2.45) is 0 Å². The number of sulfone groups is 1. The summed E-state index contributed by atoms with van der Waals surface area (Å²) in [5.41, 5.74) is 0.953. The van der Waals surface area contributed by atoms with Gasteiger partial charge >= 0.3 is 0 Å². The topological polar surface area (TPSA) is 63.2 Å². The molecule has 0 aliphatic carbocycles. The van der Waals surface area contributed by atoms with Crippen molar-refractivity contribution in [3.05, 3.63) is 65.2 Å². The van der Waals surface area contributed by atoms with Crippen LogP contribution in [0.2, 0.25) is 5.02 Å². The highest BCUT2D eigenvalue weighted by atomic mass is 35.5. The van der Waals surface area contributed by atoms with Crippen molar-refractivity contribution < 1.29 is 13.2 Å². The van der Waals surface area contributed by atoms with E-state index in [1.165, 1.54) is 18.2 Å². The highest BCUT2D eigenvalue weighted by Crippen LogP contribution is 2.21. The maximum Gasteiger partial charge on any atom is 0.248 e. The number of benzene rings is 2. The van der Waals surface area contributed by atoms with Crippen LogP contribution in [0.5, 0.6) is 0 Å². The summed E-state index contributed by atoms with van der Waals surface area (Å²) in [5.74, 6) is -0.434. The number of carbonyl (C=O) groups excluding carboxylic acids is 1. The predicted octanol–water partition coefficient (Wildman–Crippen LogP) is 3.40. The summed E-state index contributed by atoms with van der Waals surface area (Å²) in [7, 11) is -3.41. The molecule has 0 unspecified atom stereocenters. The molecule has 0 atom stereocenters. The van der Waals surface area contributed by atoms with Crippen LogP contribution in [0.4, 0.5) is 5.69 Å². The van der Waals surface area contributed by atoms with Crippen molar-refractivity contribution >= 4 is 39.1 Å². The van der Waals surface area contributed by atoms with Gasteiger partial charge in [0.1, 0.15) is 0 Å². The molecule has 0 saturated carbocycles. The standard InChI is InChI=1S/C16H14ClNO3S/c1-22(20,21)15-9-5-4-8-14(15)18-16(19)11-10-12-6-2-3-7-13(12)17/h2-11H,1H3,(H,18,19)/b11-10+. The van der Waals surface area contributed by atoms with Crippen LogP contribution in [0.1, 0.15) is 5.56 Å². The molecule has 0 bridgehead atoms. The number of nitrogens with one attached hydrogen (secondary N) is 1. The van der Waals surface area contributed by atoms with Crippen LogP contribution in [0, 0.1) is 0 Å². The molecule has 2 aromatic carbocycles. The first-order chi connectivity index (χ1) is 10.4. The maximum atomic E-state index is 11.9. The van der Waals surface area contributed by atoms with E-state index in [2.05, 4.69) is 5.32 Å². The van der Waals surface area contributed by atoms with Crippen LogP contribution in [0.3, 0.4) is 0 Å². The maximum absolute atomic E-state index is 11.9. The number of amides is 1. The largest absolute Gasteiger partial charge is 0.321 e. The van der Waals surface area contributed by atoms with E-state index in [4.69, 9.17) is 11.6 Å². The van der Waals surface area contributed by atoms with Crippen molar-refractivity contribution in [3.63, 3.8) is 0 Å². The first-order valence-electron chi connectivity index (χ1n) is 6.40. The monoisotopic (exact) mass is 335 g/mol. The zero-order chi connectivity index (χ0) is 16.2. The minimum atomic E-state index is -3.41. The number of para-hydroxylation sites is 1. The Balaban J connectivity index is 2.19. The van der Waals surface area contributed by atoms with Gasteiger partial charge in [-0.05, 0) is 29.8 Å². The lowest BCUT2D eigenvalue weighted by atomic mass is 10.2. The summed E-state index contributed by atoms with van der Waals surface area (Å²) >= 11 is 5.99. The lowest BCUT2D eigenvalue weighted by molar-refractivity contribution is -0.111. The van der Waals surface area contributed by atoms with Gasteiger partial charge < -0.3 is 5.32 Å². The van der Waals surface area contributed by atoms with Crippen LogP contribution in [-0.4, -0.2) is 20.6 Å². The average molecular weight is 336 g/mol. The Hall–Kier alpha value is -2.11. The number of hydrogen-bond acceptors (Lipinski definition) is 3. The predicted molar refractivity (Wildman–Crippen MR) is 88.7 cm³/mol. The van der Waals surface area contributed by atoms with Crippen LogP contribution in [0.15, 0.2) is 59.5 Å². The molecule has 22 heavy (non-hydrogen) atoms. The number of rotatable bonds is 4. The van der Waals surface area contributed by atoms with Gasteiger partial charge in [0, 0.05) is 17.4 Å². The molecule has 0 heterocycles. The molecule has 0 fully saturated rings. The molecular weight excluding hydrogens is 322 g/mol. The van der Waals surface area contributed by atoms with Crippen molar-refractivity contribution in [3.8, 4) is 0 Å². The SMILES string of the molecule is CS(=O)(=O)c1ccccc1NC(=O)/C=C/c1ccccc1Cl. The van der Waals surface area contributed by atoms with Gasteiger partial charge in [-0.15, -0.1) is 0 Å².